The van der Waals surface area contributed by atoms with Gasteiger partial charge in [-0.05, 0) is 40.9 Å². The number of carbonyl (C=O) groups excluding carboxylic acids is 1. The highest BCUT2D eigenvalue weighted by atomic mass is 79.9. The van der Waals surface area contributed by atoms with Crippen molar-refractivity contribution in [3.8, 4) is 5.75 Å². The summed E-state index contributed by atoms with van der Waals surface area (Å²) in [5.74, 6) is 0.287. The van der Waals surface area contributed by atoms with E-state index >= 15 is 0 Å². The maximum absolute atomic E-state index is 13.0. The van der Waals surface area contributed by atoms with Crippen molar-refractivity contribution in [1.29, 1.82) is 0 Å². The molecular formula is C14H16BrFO2. The molecule has 0 amide bonds. The second kappa shape index (κ2) is 6.32. The van der Waals surface area contributed by atoms with Crippen LogP contribution < -0.4 is 4.74 Å². The van der Waals surface area contributed by atoms with E-state index in [1.807, 2.05) is 0 Å². The number of hydrogen-bond donors (Lipinski definition) is 0. The molecule has 2 rings (SSSR count). The van der Waals surface area contributed by atoms with Crippen molar-refractivity contribution >= 4 is 21.7 Å². The number of carbonyl (C=O) groups is 1. The molecule has 1 aromatic carbocycles. The zero-order chi connectivity index (χ0) is 13.0. The van der Waals surface area contributed by atoms with Gasteiger partial charge >= 0.3 is 0 Å². The van der Waals surface area contributed by atoms with E-state index in [9.17, 15) is 9.18 Å². The zero-order valence-electron chi connectivity index (χ0n) is 10.1. The van der Waals surface area contributed by atoms with Crippen LogP contribution in [0.1, 0.15) is 32.1 Å². The molecule has 98 valence electrons. The molecule has 0 aliphatic heterocycles. The molecule has 0 heterocycles. The lowest BCUT2D eigenvalue weighted by Gasteiger charge is -2.20. The molecule has 4 heteroatoms. The van der Waals surface area contributed by atoms with E-state index in [1.54, 1.807) is 6.07 Å². The van der Waals surface area contributed by atoms with Gasteiger partial charge in [0, 0.05) is 12.0 Å². The van der Waals surface area contributed by atoms with Crippen molar-refractivity contribution in [3.63, 3.8) is 0 Å². The van der Waals surface area contributed by atoms with Crippen LogP contribution in [0.2, 0.25) is 0 Å². The molecule has 18 heavy (non-hydrogen) atoms. The Morgan fingerprint density at radius 1 is 1.33 bits per heavy atom. The van der Waals surface area contributed by atoms with Crippen LogP contribution in [0.25, 0.3) is 0 Å². The summed E-state index contributed by atoms with van der Waals surface area (Å²) < 4.78 is 19.1. The van der Waals surface area contributed by atoms with Crippen molar-refractivity contribution in [1.82, 2.24) is 0 Å². The van der Waals surface area contributed by atoms with Crippen LogP contribution in [0.3, 0.4) is 0 Å². The number of ether oxygens (including phenoxy) is 1. The summed E-state index contributed by atoms with van der Waals surface area (Å²) in [5.41, 5.74) is 0. The van der Waals surface area contributed by atoms with Gasteiger partial charge in [0.25, 0.3) is 0 Å². The molecule has 1 aliphatic carbocycles. The second-order valence-corrected chi connectivity index (χ2v) is 5.52. The number of benzene rings is 1. The van der Waals surface area contributed by atoms with Gasteiger partial charge < -0.3 is 4.74 Å². The zero-order valence-corrected chi connectivity index (χ0v) is 11.7. The fourth-order valence-corrected chi connectivity index (χ4v) is 2.64. The first-order valence-electron chi connectivity index (χ1n) is 6.27. The summed E-state index contributed by atoms with van der Waals surface area (Å²) >= 11 is 3.27. The highest BCUT2D eigenvalue weighted by Crippen LogP contribution is 2.27. The Morgan fingerprint density at radius 3 is 2.78 bits per heavy atom. The first kappa shape index (κ1) is 13.5. The van der Waals surface area contributed by atoms with Gasteiger partial charge in [0.15, 0.2) is 5.78 Å². The first-order valence-corrected chi connectivity index (χ1v) is 7.06. The molecular weight excluding hydrogens is 299 g/mol. The predicted octanol–water partition coefficient (Wildman–Crippen LogP) is 4.12. The van der Waals surface area contributed by atoms with E-state index in [4.69, 9.17) is 4.74 Å². The molecule has 0 spiro atoms. The fourth-order valence-electron chi connectivity index (χ4n) is 2.28. The Labute approximate surface area is 115 Å². The lowest BCUT2D eigenvalue weighted by molar-refractivity contribution is -0.125. The van der Waals surface area contributed by atoms with Gasteiger partial charge in [-0.3, -0.25) is 4.79 Å². The monoisotopic (exact) mass is 314 g/mol. The summed E-state index contributed by atoms with van der Waals surface area (Å²) in [7, 11) is 0. The predicted molar refractivity (Wildman–Crippen MR) is 71.2 cm³/mol. The summed E-state index contributed by atoms with van der Waals surface area (Å²) in [4.78, 5) is 11.9. The van der Waals surface area contributed by atoms with Gasteiger partial charge in [0.1, 0.15) is 18.2 Å². The smallest absolute Gasteiger partial charge is 0.173 e. The number of ketones is 1. The van der Waals surface area contributed by atoms with E-state index in [-0.39, 0.29) is 24.1 Å². The van der Waals surface area contributed by atoms with Crippen LogP contribution in [0, 0.1) is 11.7 Å². The second-order valence-electron chi connectivity index (χ2n) is 4.66. The molecule has 0 saturated heterocycles. The average Bonchev–Trinajstić information content (AvgIpc) is 2.40. The normalized spacial score (nSPS) is 16.6. The Kier molecular flexibility index (Phi) is 4.75. The van der Waals surface area contributed by atoms with E-state index in [1.165, 1.54) is 18.6 Å². The largest absolute Gasteiger partial charge is 0.485 e. The SMILES string of the molecule is O=C(COc1cc(F)ccc1Br)C1CCCCC1. The third-order valence-electron chi connectivity index (χ3n) is 3.32. The van der Waals surface area contributed by atoms with Crippen LogP contribution in [0.5, 0.6) is 5.75 Å². The highest BCUT2D eigenvalue weighted by molar-refractivity contribution is 9.10. The van der Waals surface area contributed by atoms with Crippen molar-refractivity contribution in [2.24, 2.45) is 5.92 Å². The van der Waals surface area contributed by atoms with Crippen LogP contribution in [-0.2, 0) is 4.79 Å². The third-order valence-corrected chi connectivity index (χ3v) is 3.98. The topological polar surface area (TPSA) is 26.3 Å². The van der Waals surface area contributed by atoms with E-state index in [2.05, 4.69) is 15.9 Å². The fraction of sp³-hybridized carbons (Fsp3) is 0.500. The Balaban J connectivity index is 1.90. The summed E-state index contributed by atoms with van der Waals surface area (Å²) in [6.07, 6.45) is 5.40. The minimum atomic E-state index is -0.363. The lowest BCUT2D eigenvalue weighted by Crippen LogP contribution is -2.23. The Bertz CT molecular complexity index is 428. The minimum absolute atomic E-state index is 0.0344. The van der Waals surface area contributed by atoms with Crippen molar-refractivity contribution < 1.29 is 13.9 Å². The van der Waals surface area contributed by atoms with E-state index in [0.29, 0.717) is 10.2 Å². The molecule has 0 bridgehead atoms. The maximum atomic E-state index is 13.0. The molecule has 0 unspecified atom stereocenters. The van der Waals surface area contributed by atoms with Gasteiger partial charge in [-0.1, -0.05) is 19.3 Å². The molecule has 2 nitrogen and oxygen atoms in total. The molecule has 0 radical (unpaired) electrons. The first-order chi connectivity index (χ1) is 8.66. The Morgan fingerprint density at radius 2 is 2.06 bits per heavy atom. The maximum Gasteiger partial charge on any atom is 0.173 e. The van der Waals surface area contributed by atoms with Crippen LogP contribution in [0.15, 0.2) is 22.7 Å². The van der Waals surface area contributed by atoms with Gasteiger partial charge in [-0.2, -0.15) is 0 Å². The molecule has 1 fully saturated rings. The van der Waals surface area contributed by atoms with Gasteiger partial charge in [-0.15, -0.1) is 0 Å². The van der Waals surface area contributed by atoms with E-state index < -0.39 is 0 Å². The number of hydrogen-bond acceptors (Lipinski definition) is 2. The molecule has 1 aromatic rings. The van der Waals surface area contributed by atoms with Crippen LogP contribution in [-0.4, -0.2) is 12.4 Å². The average molecular weight is 315 g/mol. The van der Waals surface area contributed by atoms with E-state index in [0.717, 1.165) is 25.7 Å². The van der Waals surface area contributed by atoms with Crippen LogP contribution in [0.4, 0.5) is 4.39 Å². The molecule has 0 atom stereocenters. The molecule has 1 saturated carbocycles. The Hall–Kier alpha value is -0.900. The molecule has 0 aromatic heterocycles. The molecule has 1 aliphatic rings. The van der Waals surface area contributed by atoms with Crippen molar-refractivity contribution in [2.45, 2.75) is 32.1 Å². The molecule has 0 N–H and O–H groups in total. The van der Waals surface area contributed by atoms with Gasteiger partial charge in [-0.25, -0.2) is 4.39 Å². The van der Waals surface area contributed by atoms with Crippen molar-refractivity contribution in [3.05, 3.63) is 28.5 Å². The summed E-state index contributed by atoms with van der Waals surface area (Å²) in [6, 6.07) is 4.22. The standard InChI is InChI=1S/C14H16BrFO2/c15-12-7-6-11(16)8-14(12)18-9-13(17)10-4-2-1-3-5-10/h6-8,10H,1-5,9H2. The minimum Gasteiger partial charge on any atom is -0.485 e. The number of halogens is 2. The van der Waals surface area contributed by atoms with Gasteiger partial charge in [0.05, 0.1) is 4.47 Å². The quantitative estimate of drug-likeness (QED) is 0.835. The lowest BCUT2D eigenvalue weighted by atomic mass is 9.86. The highest BCUT2D eigenvalue weighted by Gasteiger charge is 2.21. The van der Waals surface area contributed by atoms with Crippen LogP contribution >= 0.6 is 15.9 Å². The van der Waals surface area contributed by atoms with Gasteiger partial charge in [0.2, 0.25) is 0 Å². The summed E-state index contributed by atoms with van der Waals surface area (Å²) in [5, 5.41) is 0. The van der Waals surface area contributed by atoms with Crippen molar-refractivity contribution in [2.75, 3.05) is 6.61 Å². The number of Topliss-reactive ketones (excluding diaryl/α,β-unsaturated/α-hetero) is 1. The number of rotatable bonds is 4. The third kappa shape index (κ3) is 3.55. The summed E-state index contributed by atoms with van der Waals surface area (Å²) in [6.45, 7) is 0.0344.